The quantitative estimate of drug-likeness (QED) is 0.502. The van der Waals surface area contributed by atoms with Crippen molar-refractivity contribution in [2.24, 2.45) is 0 Å². The van der Waals surface area contributed by atoms with Crippen molar-refractivity contribution in [2.45, 2.75) is 50.9 Å². The van der Waals surface area contributed by atoms with Crippen LogP contribution in [0, 0.1) is 6.92 Å². The number of benzene rings is 3. The van der Waals surface area contributed by atoms with Gasteiger partial charge in [-0.05, 0) is 111 Å². The molecule has 2 amide bonds. The summed E-state index contributed by atoms with van der Waals surface area (Å²) in [5, 5.41) is 3.48. The SMILES string of the molecule is Cc1cc(N2CCCC2=O)ccc1-c1ccc(C(=O)N2CCCc3cc4c(cc32)C2(CCNCC2)CO4)cc1. The predicted octanol–water partition coefficient (Wildman–Crippen LogP) is 5.40. The first kappa shape index (κ1) is 24.4. The minimum absolute atomic E-state index is 0.0559. The number of amides is 2. The molecule has 0 atom stereocenters. The second-order valence-electron chi connectivity index (χ2n) is 11.6. The lowest BCUT2D eigenvalue weighted by molar-refractivity contribution is -0.117. The number of carbonyl (C=O) groups is 2. The molecular formula is C33H35N3O3. The molecule has 1 spiro atoms. The molecule has 0 aromatic heterocycles. The summed E-state index contributed by atoms with van der Waals surface area (Å²) in [7, 11) is 0. The first-order valence-corrected chi connectivity index (χ1v) is 14.4. The molecule has 0 unspecified atom stereocenters. The summed E-state index contributed by atoms with van der Waals surface area (Å²) < 4.78 is 6.19. The van der Waals surface area contributed by atoms with E-state index in [2.05, 4.69) is 36.5 Å². The number of carbonyl (C=O) groups excluding carboxylic acids is 2. The van der Waals surface area contributed by atoms with Gasteiger partial charge in [-0.2, -0.15) is 0 Å². The Balaban J connectivity index is 1.15. The molecule has 4 aliphatic heterocycles. The van der Waals surface area contributed by atoms with Crippen LogP contribution in [0.4, 0.5) is 11.4 Å². The van der Waals surface area contributed by atoms with Crippen LogP contribution in [0.15, 0.2) is 54.6 Å². The number of nitrogens with zero attached hydrogens (tertiary/aromatic N) is 2. The zero-order valence-electron chi connectivity index (χ0n) is 22.6. The molecule has 0 saturated carbocycles. The first-order valence-electron chi connectivity index (χ1n) is 14.4. The molecule has 2 fully saturated rings. The number of piperidine rings is 1. The second-order valence-corrected chi connectivity index (χ2v) is 11.6. The molecule has 7 rings (SSSR count). The molecule has 6 nitrogen and oxygen atoms in total. The molecule has 6 heteroatoms. The Kier molecular flexibility index (Phi) is 5.96. The van der Waals surface area contributed by atoms with E-state index in [0.717, 1.165) is 98.7 Å². The molecule has 4 heterocycles. The predicted molar refractivity (Wildman–Crippen MR) is 154 cm³/mol. The van der Waals surface area contributed by atoms with Crippen LogP contribution in [-0.4, -0.2) is 44.6 Å². The number of hydrogen-bond acceptors (Lipinski definition) is 4. The number of ether oxygens (including phenoxy) is 1. The van der Waals surface area contributed by atoms with Gasteiger partial charge in [0, 0.05) is 47.4 Å². The van der Waals surface area contributed by atoms with Gasteiger partial charge in [0.25, 0.3) is 5.91 Å². The number of nitrogens with one attached hydrogen (secondary N) is 1. The van der Waals surface area contributed by atoms with Crippen LogP contribution in [0.5, 0.6) is 5.75 Å². The summed E-state index contributed by atoms with van der Waals surface area (Å²) >= 11 is 0. The van der Waals surface area contributed by atoms with Crippen molar-refractivity contribution in [1.29, 1.82) is 0 Å². The van der Waals surface area contributed by atoms with Gasteiger partial charge < -0.3 is 19.9 Å². The molecule has 0 radical (unpaired) electrons. The molecule has 3 aromatic rings. The van der Waals surface area contributed by atoms with Crippen molar-refractivity contribution < 1.29 is 14.3 Å². The third-order valence-corrected chi connectivity index (χ3v) is 9.22. The van der Waals surface area contributed by atoms with E-state index in [1.54, 1.807) is 0 Å². The Bertz CT molecular complexity index is 1460. The Hall–Kier alpha value is -3.64. The van der Waals surface area contributed by atoms with Crippen LogP contribution in [0.2, 0.25) is 0 Å². The van der Waals surface area contributed by atoms with Crippen LogP contribution in [-0.2, 0) is 16.6 Å². The third kappa shape index (κ3) is 4.13. The van der Waals surface area contributed by atoms with Crippen molar-refractivity contribution in [2.75, 3.05) is 42.6 Å². The topological polar surface area (TPSA) is 61.9 Å². The van der Waals surface area contributed by atoms with Crippen molar-refractivity contribution in [3.63, 3.8) is 0 Å². The molecule has 0 bridgehead atoms. The molecule has 0 aliphatic carbocycles. The molecular weight excluding hydrogens is 486 g/mol. The van der Waals surface area contributed by atoms with Gasteiger partial charge in [0.05, 0.1) is 6.61 Å². The van der Waals surface area contributed by atoms with Gasteiger partial charge in [-0.1, -0.05) is 18.2 Å². The van der Waals surface area contributed by atoms with E-state index < -0.39 is 0 Å². The van der Waals surface area contributed by atoms with Crippen LogP contribution >= 0.6 is 0 Å². The normalized spacial score (nSPS) is 19.7. The molecule has 2 saturated heterocycles. The maximum atomic E-state index is 13.8. The monoisotopic (exact) mass is 521 g/mol. The highest BCUT2D eigenvalue weighted by Gasteiger charge is 2.43. The largest absolute Gasteiger partial charge is 0.492 e. The van der Waals surface area contributed by atoms with E-state index in [0.29, 0.717) is 12.0 Å². The van der Waals surface area contributed by atoms with Crippen molar-refractivity contribution >= 4 is 23.2 Å². The Labute approximate surface area is 230 Å². The average Bonchev–Trinajstić information content (AvgIpc) is 3.55. The van der Waals surface area contributed by atoms with E-state index in [9.17, 15) is 9.59 Å². The maximum Gasteiger partial charge on any atom is 0.258 e. The summed E-state index contributed by atoms with van der Waals surface area (Å²) in [6.07, 6.45) is 5.63. The molecule has 4 aliphatic rings. The lowest BCUT2D eigenvalue weighted by atomic mass is 9.74. The lowest BCUT2D eigenvalue weighted by Gasteiger charge is -2.35. The molecule has 1 N–H and O–H groups in total. The number of rotatable bonds is 3. The van der Waals surface area contributed by atoms with Gasteiger partial charge in [-0.15, -0.1) is 0 Å². The van der Waals surface area contributed by atoms with Crippen LogP contribution in [0.3, 0.4) is 0 Å². The van der Waals surface area contributed by atoms with Gasteiger partial charge in [0.2, 0.25) is 5.91 Å². The Morgan fingerprint density at radius 3 is 2.49 bits per heavy atom. The van der Waals surface area contributed by atoms with Crippen LogP contribution in [0.25, 0.3) is 11.1 Å². The first-order chi connectivity index (χ1) is 19.0. The fourth-order valence-corrected chi connectivity index (χ4v) is 6.98. The fourth-order valence-electron chi connectivity index (χ4n) is 6.98. The molecule has 3 aromatic carbocycles. The number of aryl methyl sites for hydroxylation is 2. The van der Waals surface area contributed by atoms with E-state index in [1.165, 1.54) is 11.1 Å². The van der Waals surface area contributed by atoms with Crippen molar-refractivity contribution in [3.8, 4) is 16.9 Å². The minimum Gasteiger partial charge on any atom is -0.492 e. The summed E-state index contributed by atoms with van der Waals surface area (Å²) in [6, 6.07) is 18.7. The standard InChI is InChI=1S/C33H35N3O3/c1-22-18-26(35-16-3-5-31(35)37)10-11-27(22)23-6-8-24(9-7-23)32(38)36-17-2-4-25-19-30-28(20-29(25)36)33(21-39-30)12-14-34-15-13-33/h6-11,18-20,34H,2-5,12-17,21H2,1H3. The van der Waals surface area contributed by atoms with Crippen molar-refractivity contribution in [1.82, 2.24) is 5.32 Å². The minimum atomic E-state index is 0.0559. The highest BCUT2D eigenvalue weighted by Crippen LogP contribution is 2.48. The van der Waals surface area contributed by atoms with E-state index in [1.807, 2.05) is 40.1 Å². The van der Waals surface area contributed by atoms with E-state index in [-0.39, 0.29) is 17.2 Å². The Morgan fingerprint density at radius 2 is 1.74 bits per heavy atom. The number of fused-ring (bicyclic) bond motifs is 3. The molecule has 200 valence electrons. The maximum absolute atomic E-state index is 13.8. The van der Waals surface area contributed by atoms with E-state index in [4.69, 9.17) is 4.74 Å². The number of hydrogen-bond donors (Lipinski definition) is 1. The average molecular weight is 522 g/mol. The van der Waals surface area contributed by atoms with Gasteiger partial charge in [0.15, 0.2) is 0 Å². The smallest absolute Gasteiger partial charge is 0.258 e. The van der Waals surface area contributed by atoms with E-state index >= 15 is 0 Å². The molecule has 39 heavy (non-hydrogen) atoms. The lowest BCUT2D eigenvalue weighted by Crippen LogP contribution is -2.41. The van der Waals surface area contributed by atoms with Crippen molar-refractivity contribution in [3.05, 3.63) is 76.9 Å². The number of anilines is 2. The highest BCUT2D eigenvalue weighted by molar-refractivity contribution is 6.07. The Morgan fingerprint density at radius 1 is 0.949 bits per heavy atom. The zero-order valence-corrected chi connectivity index (χ0v) is 22.6. The van der Waals surface area contributed by atoms with Gasteiger partial charge >= 0.3 is 0 Å². The zero-order chi connectivity index (χ0) is 26.6. The summed E-state index contributed by atoms with van der Waals surface area (Å²) in [5.74, 6) is 1.28. The van der Waals surface area contributed by atoms with Crippen LogP contribution in [0.1, 0.15) is 59.2 Å². The van der Waals surface area contributed by atoms with Crippen LogP contribution < -0.4 is 19.9 Å². The summed E-state index contributed by atoms with van der Waals surface area (Å²) in [5.41, 5.74) is 8.61. The highest BCUT2D eigenvalue weighted by atomic mass is 16.5. The fraction of sp³-hybridized carbons (Fsp3) is 0.394. The van der Waals surface area contributed by atoms with Gasteiger partial charge in [-0.3, -0.25) is 9.59 Å². The summed E-state index contributed by atoms with van der Waals surface area (Å²) in [6.45, 7) is 6.37. The second kappa shape index (κ2) is 9.53. The van der Waals surface area contributed by atoms with Gasteiger partial charge in [-0.25, -0.2) is 0 Å². The third-order valence-electron chi connectivity index (χ3n) is 9.22. The summed E-state index contributed by atoms with van der Waals surface area (Å²) in [4.78, 5) is 29.8. The van der Waals surface area contributed by atoms with Gasteiger partial charge in [0.1, 0.15) is 5.75 Å².